The summed E-state index contributed by atoms with van der Waals surface area (Å²) in [6, 6.07) is 5.35. The number of hydrogen-bond donors (Lipinski definition) is 2. The molecule has 0 bridgehead atoms. The van der Waals surface area contributed by atoms with Gasteiger partial charge in [-0.3, -0.25) is 5.32 Å². The van der Waals surface area contributed by atoms with E-state index >= 15 is 0 Å². The normalized spacial score (nSPS) is 11.2. The molecule has 0 fully saturated rings. The van der Waals surface area contributed by atoms with E-state index in [1.165, 1.54) is 23.8 Å². The first kappa shape index (κ1) is 13.5. The number of nitrogens with one attached hydrogen (secondary N) is 1. The van der Waals surface area contributed by atoms with Gasteiger partial charge in [0, 0.05) is 23.4 Å². The Morgan fingerprint density at radius 2 is 2.16 bits per heavy atom. The van der Waals surface area contributed by atoms with Crippen LogP contribution in [0, 0.1) is 0 Å². The predicted molar refractivity (Wildman–Crippen MR) is 72.3 cm³/mol. The highest BCUT2D eigenvalue weighted by Crippen LogP contribution is 2.40. The van der Waals surface area contributed by atoms with Crippen molar-refractivity contribution >= 4 is 32.4 Å². The summed E-state index contributed by atoms with van der Waals surface area (Å²) in [5.74, 6) is 0. The van der Waals surface area contributed by atoms with E-state index in [1.807, 2.05) is 12.1 Å². The fraction of sp³-hybridized carbons (Fsp3) is 0.0909. The summed E-state index contributed by atoms with van der Waals surface area (Å²) in [6.45, 7) is 0. The lowest BCUT2D eigenvalue weighted by Gasteiger charge is -1.89. The third-order valence-electron chi connectivity index (χ3n) is 2.25. The number of benzene rings is 1. The molecule has 0 atom stereocenters. The molecule has 0 unspecified atom stereocenters. The molecule has 0 saturated heterocycles. The van der Waals surface area contributed by atoms with Gasteiger partial charge in [0.2, 0.25) is 0 Å². The highest BCUT2D eigenvalue weighted by molar-refractivity contribution is 7.90. The highest BCUT2D eigenvalue weighted by Gasteiger charge is 2.23. The number of nitrogens with zero attached hydrogens (tertiary/aromatic N) is 1. The van der Waals surface area contributed by atoms with Gasteiger partial charge in [-0.05, 0) is 17.7 Å². The number of aromatic nitrogens is 1. The molecule has 2 N–H and O–H groups in total. The summed E-state index contributed by atoms with van der Waals surface area (Å²) in [4.78, 5) is 14.1. The lowest BCUT2D eigenvalue weighted by atomic mass is 10.5. The Hall–Kier alpha value is -1.93. The summed E-state index contributed by atoms with van der Waals surface area (Å²) >= 11 is 1.25. The van der Waals surface area contributed by atoms with Crippen LogP contribution in [-0.2, 0) is 9.84 Å². The van der Waals surface area contributed by atoms with Crippen molar-refractivity contribution in [2.45, 2.75) is 4.90 Å². The van der Waals surface area contributed by atoms with Gasteiger partial charge in [-0.2, -0.15) is 0 Å². The molecule has 1 aromatic rings. The summed E-state index contributed by atoms with van der Waals surface area (Å²) < 4.78 is 21.9. The molecule has 0 saturated carbocycles. The van der Waals surface area contributed by atoms with E-state index in [9.17, 15) is 13.2 Å². The molecule has 1 heterocycles. The molecule has 1 amide bonds. The third kappa shape index (κ3) is 3.52. The average molecular weight is 298 g/mol. The third-order valence-corrected chi connectivity index (χ3v) is 4.10. The molecule has 100 valence electrons. The predicted octanol–water partition coefficient (Wildman–Crippen LogP) is 2.30. The quantitative estimate of drug-likeness (QED) is 0.756. The van der Waals surface area contributed by atoms with Crippen LogP contribution in [0.1, 0.15) is 0 Å². The van der Waals surface area contributed by atoms with Crippen molar-refractivity contribution in [3.63, 3.8) is 0 Å². The van der Waals surface area contributed by atoms with Crippen LogP contribution < -0.4 is 5.32 Å². The van der Waals surface area contributed by atoms with Gasteiger partial charge in [-0.25, -0.2) is 18.2 Å². The van der Waals surface area contributed by atoms with E-state index in [1.54, 1.807) is 11.4 Å². The Labute approximate surface area is 113 Å². The molecule has 6 nitrogen and oxygen atoms in total. The Balaban J connectivity index is 0.000000141. The number of rotatable bonds is 2. The molecule has 8 heteroatoms. The van der Waals surface area contributed by atoms with Gasteiger partial charge < -0.3 is 5.11 Å². The van der Waals surface area contributed by atoms with Gasteiger partial charge in [-0.1, -0.05) is 6.07 Å². The fourth-order valence-electron chi connectivity index (χ4n) is 1.43. The van der Waals surface area contributed by atoms with Crippen LogP contribution in [-0.4, -0.2) is 30.9 Å². The number of amides is 1. The van der Waals surface area contributed by atoms with E-state index in [0.29, 0.717) is 10.0 Å². The van der Waals surface area contributed by atoms with Crippen LogP contribution >= 0.6 is 11.3 Å². The molecule has 19 heavy (non-hydrogen) atoms. The van der Waals surface area contributed by atoms with Crippen LogP contribution in [0.3, 0.4) is 0 Å². The second kappa shape index (κ2) is 4.98. The molecule has 0 aromatic carbocycles. The maximum absolute atomic E-state index is 10.9. The summed E-state index contributed by atoms with van der Waals surface area (Å²) in [5.41, 5.74) is 1.97. The highest BCUT2D eigenvalue weighted by atomic mass is 32.2. The Kier molecular flexibility index (Phi) is 3.54. The van der Waals surface area contributed by atoms with E-state index in [2.05, 4.69) is 10.3 Å². The van der Waals surface area contributed by atoms with Crippen LogP contribution in [0.4, 0.5) is 9.93 Å². The van der Waals surface area contributed by atoms with Crippen LogP contribution in [0.15, 0.2) is 34.7 Å². The average Bonchev–Trinajstić information content (AvgIpc) is 2.75. The van der Waals surface area contributed by atoms with Crippen molar-refractivity contribution in [2.24, 2.45) is 0 Å². The Morgan fingerprint density at radius 1 is 1.42 bits per heavy atom. The van der Waals surface area contributed by atoms with Gasteiger partial charge in [0.25, 0.3) is 0 Å². The van der Waals surface area contributed by atoms with Gasteiger partial charge in [0.1, 0.15) is 0 Å². The number of carbonyl (C=O) groups is 1. The second-order valence-electron chi connectivity index (χ2n) is 3.75. The number of thiazole rings is 1. The smallest absolute Gasteiger partial charge is 0.410 e. The largest absolute Gasteiger partial charge is 0.465 e. The van der Waals surface area contributed by atoms with E-state index in [-0.39, 0.29) is 0 Å². The Morgan fingerprint density at radius 3 is 2.47 bits per heavy atom. The maximum Gasteiger partial charge on any atom is 0.410 e. The zero-order valence-corrected chi connectivity index (χ0v) is 11.5. The number of fused-ring (bicyclic) bond motifs is 1. The topological polar surface area (TPSA) is 96.4 Å². The minimum absolute atomic E-state index is 0.405. The molecule has 0 aliphatic heterocycles. The monoisotopic (exact) mass is 298 g/mol. The molecular formula is C11H10N2O4S2. The van der Waals surface area contributed by atoms with Crippen LogP contribution in [0.5, 0.6) is 0 Å². The van der Waals surface area contributed by atoms with Crippen molar-refractivity contribution in [3.05, 3.63) is 29.8 Å². The van der Waals surface area contributed by atoms with Crippen LogP contribution in [0.2, 0.25) is 0 Å². The lowest BCUT2D eigenvalue weighted by Crippen LogP contribution is -2.06. The van der Waals surface area contributed by atoms with Crippen LogP contribution in [0.25, 0.3) is 11.1 Å². The minimum atomic E-state index is -2.97. The lowest BCUT2D eigenvalue weighted by molar-refractivity contribution is 0.209. The van der Waals surface area contributed by atoms with Crippen molar-refractivity contribution in [3.8, 4) is 11.1 Å². The molecule has 2 aliphatic carbocycles. The molecule has 0 spiro atoms. The number of anilines is 1. The van der Waals surface area contributed by atoms with E-state index in [4.69, 9.17) is 5.11 Å². The van der Waals surface area contributed by atoms with Crippen molar-refractivity contribution in [1.82, 2.24) is 4.98 Å². The minimum Gasteiger partial charge on any atom is -0.465 e. The second-order valence-corrected chi connectivity index (χ2v) is 6.63. The first-order valence-corrected chi connectivity index (χ1v) is 7.89. The summed E-state index contributed by atoms with van der Waals surface area (Å²) in [6.07, 6.45) is 1.69. The van der Waals surface area contributed by atoms with Crippen molar-refractivity contribution < 1.29 is 18.3 Å². The zero-order valence-electron chi connectivity index (χ0n) is 9.82. The number of sulfone groups is 1. The van der Waals surface area contributed by atoms with Crippen molar-refractivity contribution in [2.75, 3.05) is 11.6 Å². The van der Waals surface area contributed by atoms with E-state index in [0.717, 1.165) is 11.1 Å². The first-order chi connectivity index (χ1) is 8.88. The molecular weight excluding hydrogens is 288 g/mol. The number of carboxylic acid groups (broad SMARTS) is 1. The van der Waals surface area contributed by atoms with Gasteiger partial charge in [0.15, 0.2) is 15.0 Å². The van der Waals surface area contributed by atoms with Gasteiger partial charge in [-0.15, -0.1) is 11.3 Å². The molecule has 3 rings (SSSR count). The fourth-order valence-corrected chi connectivity index (χ4v) is 2.84. The summed E-state index contributed by atoms with van der Waals surface area (Å²) in [7, 11) is -2.97. The number of hydrogen-bond acceptors (Lipinski definition) is 5. The zero-order chi connectivity index (χ0) is 14.0. The van der Waals surface area contributed by atoms with Gasteiger partial charge in [0.05, 0.1) is 4.90 Å². The molecule has 1 aromatic heterocycles. The van der Waals surface area contributed by atoms with Gasteiger partial charge >= 0.3 is 6.09 Å². The standard InChI is InChI=1S/C7H6O2S.C4H4N2O2S/c1-10(8,9)7-3-2-5-4-6(5)7;7-4(8)6-3-5-1-2-9-3/h2-4H,1H3;1-2H,(H,5,6)(H,7,8). The van der Waals surface area contributed by atoms with Crippen molar-refractivity contribution in [1.29, 1.82) is 0 Å². The Bertz CT molecular complexity index is 708. The van der Waals surface area contributed by atoms with E-state index < -0.39 is 15.9 Å². The maximum atomic E-state index is 10.9. The molecule has 2 aliphatic rings. The SMILES string of the molecule is CS(=O)(=O)c1ccc2cc1-2.O=C(O)Nc1nccs1. The molecule has 0 radical (unpaired) electrons. The first-order valence-electron chi connectivity index (χ1n) is 5.12. The summed E-state index contributed by atoms with van der Waals surface area (Å²) in [5, 5.41) is 12.4.